The molecular weight excluding hydrogens is 188 g/mol. The van der Waals surface area contributed by atoms with Gasteiger partial charge in [0.2, 0.25) is 0 Å². The highest BCUT2D eigenvalue weighted by molar-refractivity contribution is 5.50. The van der Waals surface area contributed by atoms with E-state index in [0.29, 0.717) is 19.6 Å². The molecule has 2 nitrogen and oxygen atoms in total. The zero-order valence-electron chi connectivity index (χ0n) is 8.76. The third-order valence-corrected chi connectivity index (χ3v) is 2.18. The Hall–Kier alpha value is -1.41. The second-order valence-electron chi connectivity index (χ2n) is 3.40. The summed E-state index contributed by atoms with van der Waals surface area (Å²) in [6, 6.07) is 9.97. The van der Waals surface area contributed by atoms with E-state index in [0.717, 1.165) is 11.8 Å². The van der Waals surface area contributed by atoms with Gasteiger partial charge in [-0.2, -0.15) is 0 Å². The van der Waals surface area contributed by atoms with E-state index in [1.807, 2.05) is 30.3 Å². The second kappa shape index (κ2) is 6.96. The molecule has 1 aromatic rings. The molecule has 0 spiro atoms. The van der Waals surface area contributed by atoms with Crippen LogP contribution in [0.1, 0.15) is 12.0 Å². The molecule has 1 unspecified atom stereocenters. The van der Waals surface area contributed by atoms with Gasteiger partial charge in [0.15, 0.2) is 0 Å². The minimum Gasteiger partial charge on any atom is -0.376 e. The SMILES string of the molecule is C=CC(CC=O)COCc1ccccc1. The smallest absolute Gasteiger partial charge is 0.120 e. The van der Waals surface area contributed by atoms with Gasteiger partial charge in [0.05, 0.1) is 13.2 Å². The minimum atomic E-state index is 0.131. The van der Waals surface area contributed by atoms with Crippen LogP contribution in [0, 0.1) is 5.92 Å². The standard InChI is InChI=1S/C13H16O2/c1-2-12(8-9-14)10-15-11-13-6-4-3-5-7-13/h2-7,9,12H,1,8,10-11H2. The average Bonchev–Trinajstić information content (AvgIpc) is 2.29. The summed E-state index contributed by atoms with van der Waals surface area (Å²) in [5, 5.41) is 0. The number of hydrogen-bond donors (Lipinski definition) is 0. The molecule has 0 fully saturated rings. The molecule has 0 aliphatic carbocycles. The van der Waals surface area contributed by atoms with Crippen LogP contribution in [0.25, 0.3) is 0 Å². The van der Waals surface area contributed by atoms with Gasteiger partial charge in [-0.25, -0.2) is 0 Å². The van der Waals surface area contributed by atoms with Gasteiger partial charge in [0.1, 0.15) is 6.29 Å². The van der Waals surface area contributed by atoms with Crippen LogP contribution in [0.15, 0.2) is 43.0 Å². The molecule has 1 atom stereocenters. The summed E-state index contributed by atoms with van der Waals surface area (Å²) < 4.78 is 5.50. The maximum atomic E-state index is 10.3. The molecule has 0 heterocycles. The number of carbonyl (C=O) groups is 1. The summed E-state index contributed by atoms with van der Waals surface area (Å²) >= 11 is 0. The maximum Gasteiger partial charge on any atom is 0.120 e. The quantitative estimate of drug-likeness (QED) is 0.504. The first-order valence-electron chi connectivity index (χ1n) is 5.04. The number of hydrogen-bond acceptors (Lipinski definition) is 2. The highest BCUT2D eigenvalue weighted by atomic mass is 16.5. The molecule has 0 radical (unpaired) electrons. The number of aldehydes is 1. The average molecular weight is 204 g/mol. The van der Waals surface area contributed by atoms with Crippen LogP contribution >= 0.6 is 0 Å². The van der Waals surface area contributed by atoms with Gasteiger partial charge in [-0.15, -0.1) is 6.58 Å². The summed E-state index contributed by atoms with van der Waals surface area (Å²) in [5.41, 5.74) is 1.14. The van der Waals surface area contributed by atoms with Crippen LogP contribution in [-0.2, 0) is 16.1 Å². The molecule has 0 aliphatic rings. The van der Waals surface area contributed by atoms with E-state index >= 15 is 0 Å². The molecule has 1 aromatic carbocycles. The third-order valence-electron chi connectivity index (χ3n) is 2.18. The van der Waals surface area contributed by atoms with Crippen molar-refractivity contribution in [1.82, 2.24) is 0 Å². The molecule has 1 rings (SSSR count). The van der Waals surface area contributed by atoms with Crippen molar-refractivity contribution in [2.45, 2.75) is 13.0 Å². The van der Waals surface area contributed by atoms with Gasteiger partial charge < -0.3 is 9.53 Å². The summed E-state index contributed by atoms with van der Waals surface area (Å²) in [5.74, 6) is 0.131. The Morgan fingerprint density at radius 3 is 2.67 bits per heavy atom. The molecule has 80 valence electrons. The molecule has 2 heteroatoms. The Kier molecular flexibility index (Phi) is 5.41. The number of ether oxygens (including phenoxy) is 1. The lowest BCUT2D eigenvalue weighted by atomic mass is 10.1. The Labute approximate surface area is 90.6 Å². The van der Waals surface area contributed by atoms with Crippen LogP contribution in [0.4, 0.5) is 0 Å². The summed E-state index contributed by atoms with van der Waals surface area (Å²) in [7, 11) is 0. The lowest BCUT2D eigenvalue weighted by Crippen LogP contribution is -2.07. The summed E-state index contributed by atoms with van der Waals surface area (Å²) in [6.07, 6.45) is 3.15. The van der Waals surface area contributed by atoms with E-state index < -0.39 is 0 Å². The van der Waals surface area contributed by atoms with Gasteiger partial charge >= 0.3 is 0 Å². The lowest BCUT2D eigenvalue weighted by molar-refractivity contribution is -0.108. The van der Waals surface area contributed by atoms with Crippen LogP contribution in [0.3, 0.4) is 0 Å². The Balaban J connectivity index is 2.26. The van der Waals surface area contributed by atoms with Gasteiger partial charge in [-0.3, -0.25) is 0 Å². The molecular formula is C13H16O2. The minimum absolute atomic E-state index is 0.131. The Bertz CT molecular complexity index is 293. The normalized spacial score (nSPS) is 12.0. The first-order chi connectivity index (χ1) is 7.36. The molecule has 0 bridgehead atoms. The molecule has 0 amide bonds. The third kappa shape index (κ3) is 4.56. The molecule has 0 saturated heterocycles. The fourth-order valence-electron chi connectivity index (χ4n) is 1.26. The van der Waals surface area contributed by atoms with E-state index in [1.54, 1.807) is 6.08 Å². The van der Waals surface area contributed by atoms with Crippen molar-refractivity contribution < 1.29 is 9.53 Å². The van der Waals surface area contributed by atoms with Crippen molar-refractivity contribution in [2.75, 3.05) is 6.61 Å². The first-order valence-corrected chi connectivity index (χ1v) is 5.04. The molecule has 15 heavy (non-hydrogen) atoms. The zero-order chi connectivity index (χ0) is 10.9. The van der Waals surface area contributed by atoms with Crippen LogP contribution in [0.2, 0.25) is 0 Å². The summed E-state index contributed by atoms with van der Waals surface area (Å²) in [4.78, 5) is 10.3. The number of benzene rings is 1. The Morgan fingerprint density at radius 1 is 1.33 bits per heavy atom. The van der Waals surface area contributed by atoms with Crippen molar-refractivity contribution in [3.05, 3.63) is 48.6 Å². The van der Waals surface area contributed by atoms with Crippen molar-refractivity contribution in [1.29, 1.82) is 0 Å². The monoisotopic (exact) mass is 204 g/mol. The van der Waals surface area contributed by atoms with Gasteiger partial charge in [0, 0.05) is 12.3 Å². The van der Waals surface area contributed by atoms with Crippen LogP contribution < -0.4 is 0 Å². The fourth-order valence-corrected chi connectivity index (χ4v) is 1.26. The van der Waals surface area contributed by atoms with E-state index in [1.165, 1.54) is 0 Å². The second-order valence-corrected chi connectivity index (χ2v) is 3.40. The predicted molar refractivity (Wildman–Crippen MR) is 60.5 cm³/mol. The fraction of sp³-hybridized carbons (Fsp3) is 0.308. The van der Waals surface area contributed by atoms with Crippen molar-refractivity contribution >= 4 is 6.29 Å². The Morgan fingerprint density at radius 2 is 2.07 bits per heavy atom. The van der Waals surface area contributed by atoms with Crippen molar-refractivity contribution in [3.63, 3.8) is 0 Å². The number of carbonyl (C=O) groups excluding carboxylic acids is 1. The van der Waals surface area contributed by atoms with Crippen molar-refractivity contribution in [3.8, 4) is 0 Å². The van der Waals surface area contributed by atoms with Crippen molar-refractivity contribution in [2.24, 2.45) is 5.92 Å². The van der Waals surface area contributed by atoms with Crippen LogP contribution in [0.5, 0.6) is 0 Å². The highest BCUT2D eigenvalue weighted by Gasteiger charge is 2.03. The molecule has 0 aromatic heterocycles. The van der Waals surface area contributed by atoms with E-state index in [-0.39, 0.29) is 5.92 Å². The molecule has 0 saturated carbocycles. The lowest BCUT2D eigenvalue weighted by Gasteiger charge is -2.09. The predicted octanol–water partition coefficient (Wildman–Crippen LogP) is 2.59. The maximum absolute atomic E-state index is 10.3. The van der Waals surface area contributed by atoms with Crippen LogP contribution in [-0.4, -0.2) is 12.9 Å². The van der Waals surface area contributed by atoms with E-state index in [4.69, 9.17) is 4.74 Å². The molecule has 0 aliphatic heterocycles. The highest BCUT2D eigenvalue weighted by Crippen LogP contribution is 2.06. The first kappa shape index (κ1) is 11.7. The zero-order valence-corrected chi connectivity index (χ0v) is 8.76. The molecule has 0 N–H and O–H groups in total. The topological polar surface area (TPSA) is 26.3 Å². The van der Waals surface area contributed by atoms with Gasteiger partial charge in [0.25, 0.3) is 0 Å². The van der Waals surface area contributed by atoms with E-state index in [9.17, 15) is 4.79 Å². The van der Waals surface area contributed by atoms with Gasteiger partial charge in [-0.05, 0) is 5.56 Å². The van der Waals surface area contributed by atoms with Gasteiger partial charge in [-0.1, -0.05) is 36.4 Å². The largest absolute Gasteiger partial charge is 0.376 e. The summed E-state index contributed by atoms with van der Waals surface area (Å²) in [6.45, 7) is 4.81. The number of rotatable bonds is 7. The van der Waals surface area contributed by atoms with E-state index in [2.05, 4.69) is 6.58 Å².